The van der Waals surface area contributed by atoms with E-state index in [0.29, 0.717) is 0 Å². The molecule has 0 amide bonds. The summed E-state index contributed by atoms with van der Waals surface area (Å²) in [6, 6.07) is 5.76. The molecule has 1 rings (SSSR count). The molecule has 1 aromatic rings. The van der Waals surface area contributed by atoms with E-state index in [1.165, 1.54) is 0 Å². The number of anilines is 1. The molecule has 0 radical (unpaired) electrons. The summed E-state index contributed by atoms with van der Waals surface area (Å²) in [4.78, 5) is 2.10. The Labute approximate surface area is 108 Å². The minimum absolute atomic E-state index is 0.132. The molecule has 0 atom stereocenters. The van der Waals surface area contributed by atoms with Gasteiger partial charge in [0.1, 0.15) is 0 Å². The van der Waals surface area contributed by atoms with Crippen LogP contribution < -0.4 is 10.6 Å². The number of amidine groups is 1. The quantitative estimate of drug-likeness (QED) is 0.265. The number of ether oxygens (including phenoxy) is 1. The van der Waals surface area contributed by atoms with Crippen LogP contribution in [0, 0.1) is 6.92 Å². The molecule has 3 N–H and O–H groups in total. The number of aryl methyl sites for hydroxylation is 1. The van der Waals surface area contributed by atoms with E-state index in [1.807, 2.05) is 32.2 Å². The molecular weight excluding hydrogens is 230 g/mol. The Morgan fingerprint density at radius 2 is 2.22 bits per heavy atom. The zero-order chi connectivity index (χ0) is 13.5. The van der Waals surface area contributed by atoms with Crippen LogP contribution in [0.4, 0.5) is 5.69 Å². The van der Waals surface area contributed by atoms with Crippen LogP contribution in [0.1, 0.15) is 17.5 Å². The first-order valence-electron chi connectivity index (χ1n) is 5.89. The van der Waals surface area contributed by atoms with Gasteiger partial charge in [0.05, 0.1) is 5.69 Å². The largest absolute Gasteiger partial charge is 0.409 e. The van der Waals surface area contributed by atoms with Crippen molar-refractivity contribution in [3.63, 3.8) is 0 Å². The smallest absolute Gasteiger partial charge is 0.172 e. The van der Waals surface area contributed by atoms with Crippen LogP contribution >= 0.6 is 0 Å². The van der Waals surface area contributed by atoms with Gasteiger partial charge in [-0.3, -0.25) is 0 Å². The predicted molar refractivity (Wildman–Crippen MR) is 73.5 cm³/mol. The van der Waals surface area contributed by atoms with Crippen molar-refractivity contribution in [1.82, 2.24) is 0 Å². The number of rotatable bonds is 6. The highest BCUT2D eigenvalue weighted by molar-refractivity contribution is 6.02. The van der Waals surface area contributed by atoms with Gasteiger partial charge in [0.25, 0.3) is 0 Å². The Morgan fingerprint density at radius 1 is 1.50 bits per heavy atom. The molecule has 0 aliphatic heterocycles. The molecule has 0 spiro atoms. The van der Waals surface area contributed by atoms with Crippen LogP contribution in [0.3, 0.4) is 0 Å². The number of nitrogens with zero attached hydrogens (tertiary/aromatic N) is 2. The zero-order valence-electron chi connectivity index (χ0n) is 11.2. The highest BCUT2D eigenvalue weighted by Crippen LogP contribution is 2.24. The molecule has 5 heteroatoms. The Balaban J connectivity index is 2.98. The molecule has 0 aliphatic carbocycles. The summed E-state index contributed by atoms with van der Waals surface area (Å²) in [5.74, 6) is 0.132. The molecule has 0 bridgehead atoms. The molecule has 0 aromatic heterocycles. The molecule has 18 heavy (non-hydrogen) atoms. The maximum Gasteiger partial charge on any atom is 0.172 e. The topological polar surface area (TPSA) is 71.1 Å². The van der Waals surface area contributed by atoms with Crippen LogP contribution in [-0.4, -0.2) is 38.4 Å². The van der Waals surface area contributed by atoms with Gasteiger partial charge in [-0.1, -0.05) is 17.3 Å². The summed E-state index contributed by atoms with van der Waals surface area (Å²) >= 11 is 0. The Kier molecular flexibility index (Phi) is 5.45. The van der Waals surface area contributed by atoms with Crippen LogP contribution in [0.25, 0.3) is 0 Å². The highest BCUT2D eigenvalue weighted by atomic mass is 16.5. The van der Waals surface area contributed by atoms with Crippen LogP contribution in [0.5, 0.6) is 0 Å². The van der Waals surface area contributed by atoms with Crippen molar-refractivity contribution in [1.29, 1.82) is 0 Å². The van der Waals surface area contributed by atoms with Crippen molar-refractivity contribution in [3.8, 4) is 0 Å². The Morgan fingerprint density at radius 3 is 2.83 bits per heavy atom. The minimum Gasteiger partial charge on any atom is -0.409 e. The van der Waals surface area contributed by atoms with Gasteiger partial charge in [-0.05, 0) is 25.0 Å². The van der Waals surface area contributed by atoms with E-state index in [9.17, 15) is 0 Å². The second kappa shape index (κ2) is 6.86. The molecule has 5 nitrogen and oxygen atoms in total. The minimum atomic E-state index is 0.132. The van der Waals surface area contributed by atoms with E-state index in [4.69, 9.17) is 15.7 Å². The lowest BCUT2D eigenvalue weighted by Crippen LogP contribution is -2.25. The number of oxime groups is 1. The molecule has 0 heterocycles. The number of methoxy groups -OCH3 is 1. The SMILES string of the molecule is COCCCN(C)c1c(C)cccc1/C(N)=N/O. The van der Waals surface area contributed by atoms with Crippen LogP contribution in [0.2, 0.25) is 0 Å². The number of hydrogen-bond donors (Lipinski definition) is 2. The third kappa shape index (κ3) is 3.37. The van der Waals surface area contributed by atoms with E-state index >= 15 is 0 Å². The number of para-hydroxylation sites is 1. The molecule has 0 saturated heterocycles. The normalized spacial score (nSPS) is 11.6. The first-order chi connectivity index (χ1) is 8.61. The van der Waals surface area contributed by atoms with Gasteiger partial charge in [0.2, 0.25) is 0 Å². The first-order valence-corrected chi connectivity index (χ1v) is 5.89. The van der Waals surface area contributed by atoms with Crippen molar-refractivity contribution in [2.75, 3.05) is 32.2 Å². The highest BCUT2D eigenvalue weighted by Gasteiger charge is 2.13. The molecule has 0 fully saturated rings. The van der Waals surface area contributed by atoms with Gasteiger partial charge in [0.15, 0.2) is 5.84 Å². The van der Waals surface area contributed by atoms with Crippen LogP contribution in [-0.2, 0) is 4.74 Å². The van der Waals surface area contributed by atoms with Crippen molar-refractivity contribution in [2.45, 2.75) is 13.3 Å². The van der Waals surface area contributed by atoms with Gasteiger partial charge >= 0.3 is 0 Å². The lowest BCUT2D eigenvalue weighted by atomic mass is 10.1. The number of hydrogen-bond acceptors (Lipinski definition) is 4. The predicted octanol–water partition coefficient (Wildman–Crippen LogP) is 1.56. The standard InChI is InChI=1S/C13H21N3O2/c1-10-6-4-7-11(13(14)15-17)12(10)16(2)8-5-9-18-3/h4,6-7,17H,5,8-9H2,1-3H3,(H2,14,15). The van der Waals surface area contributed by atoms with Crippen molar-refractivity contribution in [2.24, 2.45) is 10.9 Å². The zero-order valence-corrected chi connectivity index (χ0v) is 11.2. The summed E-state index contributed by atoms with van der Waals surface area (Å²) in [6.07, 6.45) is 0.928. The fourth-order valence-corrected chi connectivity index (χ4v) is 1.98. The molecule has 100 valence electrons. The van der Waals surface area contributed by atoms with E-state index in [2.05, 4.69) is 10.1 Å². The second-order valence-corrected chi connectivity index (χ2v) is 4.22. The molecule has 0 unspecified atom stereocenters. The summed E-state index contributed by atoms with van der Waals surface area (Å²) in [5, 5.41) is 11.9. The molecular formula is C13H21N3O2. The van der Waals surface area contributed by atoms with Gasteiger partial charge in [0, 0.05) is 32.9 Å². The molecule has 1 aromatic carbocycles. The molecule has 0 saturated carbocycles. The van der Waals surface area contributed by atoms with E-state index < -0.39 is 0 Å². The summed E-state index contributed by atoms with van der Waals surface area (Å²) in [5.41, 5.74) is 8.54. The van der Waals surface area contributed by atoms with Gasteiger partial charge in [-0.15, -0.1) is 0 Å². The number of benzene rings is 1. The lowest BCUT2D eigenvalue weighted by molar-refractivity contribution is 0.196. The lowest BCUT2D eigenvalue weighted by Gasteiger charge is -2.24. The summed E-state index contributed by atoms with van der Waals surface area (Å²) in [7, 11) is 3.68. The third-order valence-electron chi connectivity index (χ3n) is 2.85. The monoisotopic (exact) mass is 251 g/mol. The van der Waals surface area contributed by atoms with Crippen molar-refractivity contribution in [3.05, 3.63) is 29.3 Å². The fraction of sp³-hybridized carbons (Fsp3) is 0.462. The average molecular weight is 251 g/mol. The van der Waals surface area contributed by atoms with E-state index in [1.54, 1.807) is 7.11 Å². The Hall–Kier alpha value is -1.75. The van der Waals surface area contributed by atoms with Crippen LogP contribution in [0.15, 0.2) is 23.4 Å². The Bertz CT molecular complexity index is 419. The maximum absolute atomic E-state index is 8.82. The molecule has 0 aliphatic rings. The fourth-order valence-electron chi connectivity index (χ4n) is 1.98. The van der Waals surface area contributed by atoms with Gasteiger partial charge < -0.3 is 20.6 Å². The summed E-state index contributed by atoms with van der Waals surface area (Å²) in [6.45, 7) is 3.58. The van der Waals surface area contributed by atoms with Gasteiger partial charge in [-0.25, -0.2) is 0 Å². The average Bonchev–Trinajstić information content (AvgIpc) is 2.37. The van der Waals surface area contributed by atoms with E-state index in [-0.39, 0.29) is 5.84 Å². The van der Waals surface area contributed by atoms with Crippen molar-refractivity contribution < 1.29 is 9.94 Å². The van der Waals surface area contributed by atoms with E-state index in [0.717, 1.165) is 36.4 Å². The number of nitrogens with two attached hydrogens (primary N) is 1. The van der Waals surface area contributed by atoms with Gasteiger partial charge in [-0.2, -0.15) is 0 Å². The maximum atomic E-state index is 8.82. The summed E-state index contributed by atoms with van der Waals surface area (Å²) < 4.78 is 5.04. The first kappa shape index (κ1) is 14.3. The van der Waals surface area contributed by atoms with Crippen molar-refractivity contribution >= 4 is 11.5 Å². The third-order valence-corrected chi connectivity index (χ3v) is 2.85. The second-order valence-electron chi connectivity index (χ2n) is 4.22.